The molecule has 1 fully saturated rings. The van der Waals surface area contributed by atoms with Crippen LogP contribution in [0.3, 0.4) is 0 Å². The Hall–Kier alpha value is -0.780. The van der Waals surface area contributed by atoms with Gasteiger partial charge >= 0.3 is 0 Å². The average Bonchev–Trinajstić information content (AvgIpc) is 2.33. The van der Waals surface area contributed by atoms with Gasteiger partial charge in [0.1, 0.15) is 0 Å². The summed E-state index contributed by atoms with van der Waals surface area (Å²) in [7, 11) is 0. The Morgan fingerprint density at radius 2 is 1.56 bits per heavy atom. The van der Waals surface area contributed by atoms with E-state index in [1.165, 1.54) is 11.1 Å². The van der Waals surface area contributed by atoms with Crippen LogP contribution in [0.1, 0.15) is 78.7 Å². The van der Waals surface area contributed by atoms with Crippen molar-refractivity contribution in [1.29, 1.82) is 0 Å². The van der Waals surface area contributed by atoms with Crippen molar-refractivity contribution in [3.63, 3.8) is 0 Å². The van der Waals surface area contributed by atoms with Gasteiger partial charge in [0, 0.05) is 1.37 Å². The van der Waals surface area contributed by atoms with E-state index in [2.05, 4.69) is 58.9 Å². The number of hydrogen-bond donors (Lipinski definition) is 0. The van der Waals surface area contributed by atoms with Crippen molar-refractivity contribution < 1.29 is 1.37 Å². The molecule has 0 spiro atoms. The minimum atomic E-state index is -0.355. The van der Waals surface area contributed by atoms with Crippen molar-refractivity contribution >= 4 is 0 Å². The minimum Gasteiger partial charge on any atom is -0.0599 e. The van der Waals surface area contributed by atoms with Crippen LogP contribution >= 0.6 is 0 Å². The van der Waals surface area contributed by atoms with Crippen LogP contribution < -0.4 is 0 Å². The normalized spacial score (nSPS) is 23.5. The molecular weight excluding hydrogens is 216 g/mol. The van der Waals surface area contributed by atoms with Crippen LogP contribution in [0.2, 0.25) is 0 Å². The Morgan fingerprint density at radius 1 is 1.06 bits per heavy atom. The van der Waals surface area contributed by atoms with Gasteiger partial charge in [-0.05, 0) is 53.5 Å². The van der Waals surface area contributed by atoms with Gasteiger partial charge in [-0.2, -0.15) is 0 Å². The van der Waals surface area contributed by atoms with Gasteiger partial charge in [-0.1, -0.05) is 58.9 Å². The minimum absolute atomic E-state index is 0.197. The average molecular weight is 245 g/mol. The zero-order valence-electron chi connectivity index (χ0n) is 13.6. The first-order valence-electron chi connectivity index (χ1n) is 7.74. The molecule has 0 nitrogen and oxygen atoms in total. The lowest BCUT2D eigenvalue weighted by atomic mass is 9.71. The SMILES string of the molecule is [2H]C1(c2ccc(C(C)(C)C)cc2)CCC(C)(C)CC1. The van der Waals surface area contributed by atoms with Crippen molar-refractivity contribution in [2.45, 2.75) is 71.6 Å². The van der Waals surface area contributed by atoms with Crippen molar-refractivity contribution in [2.75, 3.05) is 0 Å². The second-order valence-corrected chi connectivity index (χ2v) is 7.60. The maximum Gasteiger partial charge on any atom is 0.0352 e. The second-order valence-electron chi connectivity index (χ2n) is 7.60. The number of rotatable bonds is 1. The van der Waals surface area contributed by atoms with E-state index < -0.39 is 0 Å². The number of benzene rings is 1. The monoisotopic (exact) mass is 245 g/mol. The first-order valence-corrected chi connectivity index (χ1v) is 7.24. The van der Waals surface area contributed by atoms with E-state index in [4.69, 9.17) is 1.37 Å². The summed E-state index contributed by atoms with van der Waals surface area (Å²) in [6, 6.07) is 8.80. The molecule has 0 saturated heterocycles. The Kier molecular flexibility index (Phi) is 3.21. The summed E-state index contributed by atoms with van der Waals surface area (Å²) in [5.74, 6) is -0.355. The molecule has 0 unspecified atom stereocenters. The van der Waals surface area contributed by atoms with Crippen molar-refractivity contribution in [3.8, 4) is 0 Å². The smallest absolute Gasteiger partial charge is 0.0352 e. The maximum atomic E-state index is 8.76. The van der Waals surface area contributed by atoms with Gasteiger partial charge in [-0.25, -0.2) is 0 Å². The molecule has 1 aromatic rings. The fourth-order valence-electron chi connectivity index (χ4n) is 2.72. The summed E-state index contributed by atoms with van der Waals surface area (Å²) in [6.45, 7) is 11.4. The third-order valence-electron chi connectivity index (χ3n) is 4.37. The van der Waals surface area contributed by atoms with Crippen LogP contribution in [0.15, 0.2) is 24.3 Å². The van der Waals surface area contributed by atoms with Crippen molar-refractivity contribution in [2.24, 2.45) is 5.41 Å². The van der Waals surface area contributed by atoms with Crippen LogP contribution in [0.25, 0.3) is 0 Å². The lowest BCUT2D eigenvalue weighted by Crippen LogP contribution is -2.20. The maximum absolute atomic E-state index is 8.76. The molecule has 2 rings (SSSR count). The van der Waals surface area contributed by atoms with E-state index in [1.807, 2.05) is 0 Å². The van der Waals surface area contributed by atoms with Crippen LogP contribution in [0, 0.1) is 5.41 Å². The lowest BCUT2D eigenvalue weighted by Gasteiger charge is -2.34. The van der Waals surface area contributed by atoms with Crippen molar-refractivity contribution in [1.82, 2.24) is 0 Å². The molecule has 0 aliphatic heterocycles. The Morgan fingerprint density at radius 3 is 2.00 bits per heavy atom. The van der Waals surface area contributed by atoms with Gasteiger partial charge < -0.3 is 0 Å². The standard InChI is InChI=1S/C18H28/c1-17(2,3)16-8-6-14(7-9-16)15-10-12-18(4,5)13-11-15/h6-9,15H,10-13H2,1-5H3/i15D. The summed E-state index contributed by atoms with van der Waals surface area (Å²) in [5.41, 5.74) is 3.19. The van der Waals surface area contributed by atoms with E-state index in [0.717, 1.165) is 25.7 Å². The summed E-state index contributed by atoms with van der Waals surface area (Å²) in [4.78, 5) is 0. The topological polar surface area (TPSA) is 0 Å². The third kappa shape index (κ3) is 3.16. The van der Waals surface area contributed by atoms with Gasteiger partial charge in [0.05, 0.1) is 0 Å². The lowest BCUT2D eigenvalue weighted by molar-refractivity contribution is 0.224. The molecule has 0 amide bonds. The fourth-order valence-corrected chi connectivity index (χ4v) is 2.72. The Labute approximate surface area is 114 Å². The third-order valence-corrected chi connectivity index (χ3v) is 4.37. The van der Waals surface area contributed by atoms with E-state index >= 15 is 0 Å². The van der Waals surface area contributed by atoms with Gasteiger partial charge in [0.25, 0.3) is 0 Å². The second kappa shape index (κ2) is 4.72. The molecule has 0 heteroatoms. The van der Waals surface area contributed by atoms with Crippen LogP contribution in [-0.2, 0) is 5.41 Å². The molecule has 0 radical (unpaired) electrons. The summed E-state index contributed by atoms with van der Waals surface area (Å²) in [5, 5.41) is 0. The molecule has 0 bridgehead atoms. The summed E-state index contributed by atoms with van der Waals surface area (Å²) >= 11 is 0. The highest BCUT2D eigenvalue weighted by Gasteiger charge is 2.27. The first kappa shape index (κ1) is 12.3. The first-order chi connectivity index (χ1) is 8.62. The molecule has 0 aromatic heterocycles. The molecule has 1 aliphatic carbocycles. The highest BCUT2D eigenvalue weighted by molar-refractivity contribution is 5.29. The van der Waals surface area contributed by atoms with E-state index in [9.17, 15) is 0 Å². The predicted octanol–water partition coefficient (Wildman–Crippen LogP) is 5.67. The fraction of sp³-hybridized carbons (Fsp3) is 0.667. The van der Waals surface area contributed by atoms with Gasteiger partial charge in [0.2, 0.25) is 0 Å². The molecule has 1 aromatic carbocycles. The predicted molar refractivity (Wildman–Crippen MR) is 80.1 cm³/mol. The Bertz CT molecular complexity index is 424. The van der Waals surface area contributed by atoms with Gasteiger partial charge in [-0.3, -0.25) is 0 Å². The Balaban J connectivity index is 2.19. The van der Waals surface area contributed by atoms with Crippen molar-refractivity contribution in [3.05, 3.63) is 35.4 Å². The molecule has 1 aliphatic rings. The van der Waals surface area contributed by atoms with E-state index in [-0.39, 0.29) is 11.3 Å². The van der Waals surface area contributed by atoms with Gasteiger partial charge in [-0.15, -0.1) is 0 Å². The highest BCUT2D eigenvalue weighted by Crippen LogP contribution is 2.42. The van der Waals surface area contributed by atoms with Crippen LogP contribution in [-0.4, -0.2) is 0 Å². The zero-order chi connectivity index (χ0) is 14.3. The van der Waals surface area contributed by atoms with E-state index in [0.29, 0.717) is 5.41 Å². The van der Waals surface area contributed by atoms with Crippen LogP contribution in [0.5, 0.6) is 0 Å². The zero-order valence-corrected chi connectivity index (χ0v) is 12.6. The quantitative estimate of drug-likeness (QED) is 0.598. The number of hydrogen-bond acceptors (Lipinski definition) is 0. The molecule has 18 heavy (non-hydrogen) atoms. The largest absolute Gasteiger partial charge is 0.0599 e. The summed E-state index contributed by atoms with van der Waals surface area (Å²) in [6.07, 6.45) is 4.32. The highest BCUT2D eigenvalue weighted by atomic mass is 14.3. The van der Waals surface area contributed by atoms with E-state index in [1.54, 1.807) is 0 Å². The molecule has 0 N–H and O–H groups in total. The molecule has 1 saturated carbocycles. The molecular formula is C18H28. The van der Waals surface area contributed by atoms with Crippen LogP contribution in [0.4, 0.5) is 0 Å². The molecule has 0 atom stereocenters. The summed E-state index contributed by atoms with van der Waals surface area (Å²) < 4.78 is 8.76. The molecule has 100 valence electrons. The molecule has 0 heterocycles. The van der Waals surface area contributed by atoms with Gasteiger partial charge in [0.15, 0.2) is 0 Å².